The van der Waals surface area contributed by atoms with Crippen molar-refractivity contribution in [3.05, 3.63) is 41.6 Å². The van der Waals surface area contributed by atoms with E-state index in [2.05, 4.69) is 9.72 Å². The van der Waals surface area contributed by atoms with Crippen LogP contribution in [0.15, 0.2) is 24.4 Å². The zero-order chi connectivity index (χ0) is 11.7. The molecule has 2 aromatic rings. The van der Waals surface area contributed by atoms with Gasteiger partial charge >= 0.3 is 5.97 Å². The lowest BCUT2D eigenvalue weighted by molar-refractivity contribution is 0.0602. The maximum absolute atomic E-state index is 13.5. The van der Waals surface area contributed by atoms with E-state index in [-0.39, 0.29) is 16.5 Å². The Morgan fingerprint density at radius 2 is 1.94 bits per heavy atom. The summed E-state index contributed by atoms with van der Waals surface area (Å²) in [4.78, 5) is 15.0. The molecule has 0 fully saturated rings. The Kier molecular flexibility index (Phi) is 2.52. The Morgan fingerprint density at radius 1 is 1.25 bits per heavy atom. The molecule has 5 heteroatoms. The smallest absolute Gasteiger partial charge is 0.338 e. The van der Waals surface area contributed by atoms with Gasteiger partial charge in [-0.05, 0) is 18.2 Å². The van der Waals surface area contributed by atoms with Crippen molar-refractivity contribution >= 4 is 16.9 Å². The van der Waals surface area contributed by atoms with Crippen LogP contribution >= 0.6 is 0 Å². The highest BCUT2D eigenvalue weighted by molar-refractivity contribution is 6.03. The molecule has 2 rings (SSSR count). The largest absolute Gasteiger partial charge is 0.465 e. The standard InChI is InChI=1S/C11H7F2NO2/c1-16-11(15)6-4-5-14-10-8(13)3-2-7(12)9(6)10/h2-5H,1H3. The molecule has 0 saturated carbocycles. The number of methoxy groups -OCH3 is 1. The molecule has 0 N–H and O–H groups in total. The number of carbonyl (C=O) groups excluding carboxylic acids is 1. The highest BCUT2D eigenvalue weighted by Gasteiger charge is 2.16. The van der Waals surface area contributed by atoms with Crippen LogP contribution in [0.3, 0.4) is 0 Å². The van der Waals surface area contributed by atoms with E-state index in [1.165, 1.54) is 19.4 Å². The number of fused-ring (bicyclic) bond motifs is 1. The van der Waals surface area contributed by atoms with Gasteiger partial charge < -0.3 is 4.74 Å². The van der Waals surface area contributed by atoms with E-state index in [4.69, 9.17) is 0 Å². The van der Waals surface area contributed by atoms with Gasteiger partial charge in [0.15, 0.2) is 0 Å². The quantitative estimate of drug-likeness (QED) is 0.696. The Bertz CT molecular complexity index is 569. The fourth-order valence-corrected chi connectivity index (χ4v) is 1.47. The van der Waals surface area contributed by atoms with Crippen LogP contribution in [-0.4, -0.2) is 18.1 Å². The molecule has 82 valence electrons. The zero-order valence-corrected chi connectivity index (χ0v) is 8.33. The fourth-order valence-electron chi connectivity index (χ4n) is 1.47. The first-order valence-electron chi connectivity index (χ1n) is 4.46. The predicted octanol–water partition coefficient (Wildman–Crippen LogP) is 2.30. The van der Waals surface area contributed by atoms with Crippen molar-refractivity contribution in [3.8, 4) is 0 Å². The Labute approximate surface area is 89.7 Å². The lowest BCUT2D eigenvalue weighted by Gasteiger charge is -2.05. The molecule has 16 heavy (non-hydrogen) atoms. The summed E-state index contributed by atoms with van der Waals surface area (Å²) in [6.45, 7) is 0. The summed E-state index contributed by atoms with van der Waals surface area (Å²) < 4.78 is 31.3. The number of hydrogen-bond acceptors (Lipinski definition) is 3. The summed E-state index contributed by atoms with van der Waals surface area (Å²) in [7, 11) is 1.17. The molecule has 1 aromatic heterocycles. The summed E-state index contributed by atoms with van der Waals surface area (Å²) in [6, 6.07) is 3.20. The highest BCUT2D eigenvalue weighted by atomic mass is 19.1. The first-order valence-corrected chi connectivity index (χ1v) is 4.46. The number of ether oxygens (including phenoxy) is 1. The van der Waals surface area contributed by atoms with E-state index in [0.29, 0.717) is 0 Å². The van der Waals surface area contributed by atoms with Crippen molar-refractivity contribution in [2.24, 2.45) is 0 Å². The van der Waals surface area contributed by atoms with Gasteiger partial charge in [-0.15, -0.1) is 0 Å². The average Bonchev–Trinajstić information content (AvgIpc) is 2.32. The summed E-state index contributed by atoms with van der Waals surface area (Å²) >= 11 is 0. The molecule has 0 spiro atoms. The van der Waals surface area contributed by atoms with Gasteiger partial charge in [0, 0.05) is 6.20 Å². The third kappa shape index (κ3) is 1.50. The topological polar surface area (TPSA) is 39.2 Å². The van der Waals surface area contributed by atoms with Gasteiger partial charge in [0.25, 0.3) is 0 Å². The highest BCUT2D eigenvalue weighted by Crippen LogP contribution is 2.23. The van der Waals surface area contributed by atoms with Crippen LogP contribution in [-0.2, 0) is 4.74 Å². The van der Waals surface area contributed by atoms with Crippen LogP contribution in [0.5, 0.6) is 0 Å². The average molecular weight is 223 g/mol. The van der Waals surface area contributed by atoms with Crippen molar-refractivity contribution in [1.82, 2.24) is 4.98 Å². The number of rotatable bonds is 1. The first kappa shape index (κ1) is 10.5. The van der Waals surface area contributed by atoms with E-state index in [0.717, 1.165) is 12.1 Å². The van der Waals surface area contributed by atoms with Crippen molar-refractivity contribution in [3.63, 3.8) is 0 Å². The molecule has 0 aliphatic heterocycles. The Balaban J connectivity index is 2.86. The van der Waals surface area contributed by atoms with Gasteiger partial charge in [-0.1, -0.05) is 0 Å². The normalized spacial score (nSPS) is 10.4. The van der Waals surface area contributed by atoms with E-state index in [9.17, 15) is 13.6 Å². The number of benzene rings is 1. The first-order chi connectivity index (χ1) is 7.65. The van der Waals surface area contributed by atoms with E-state index >= 15 is 0 Å². The molecule has 0 aliphatic carbocycles. The Hall–Kier alpha value is -2.04. The molecular weight excluding hydrogens is 216 g/mol. The van der Waals surface area contributed by atoms with Crippen LogP contribution < -0.4 is 0 Å². The molecule has 0 bridgehead atoms. The molecule has 0 aliphatic rings. The molecule has 3 nitrogen and oxygen atoms in total. The molecule has 0 saturated heterocycles. The van der Waals surface area contributed by atoms with E-state index in [1.54, 1.807) is 0 Å². The van der Waals surface area contributed by atoms with Crippen molar-refractivity contribution in [2.45, 2.75) is 0 Å². The number of carbonyl (C=O) groups is 1. The van der Waals surface area contributed by atoms with Gasteiger partial charge in [0.2, 0.25) is 0 Å². The molecule has 0 radical (unpaired) electrons. The van der Waals surface area contributed by atoms with Crippen LogP contribution in [0.25, 0.3) is 10.9 Å². The maximum Gasteiger partial charge on any atom is 0.338 e. The molecule has 1 aromatic carbocycles. The lowest BCUT2D eigenvalue weighted by Crippen LogP contribution is -2.04. The lowest BCUT2D eigenvalue weighted by atomic mass is 10.1. The van der Waals surface area contributed by atoms with Crippen LogP contribution in [0, 0.1) is 11.6 Å². The van der Waals surface area contributed by atoms with Gasteiger partial charge in [-0.2, -0.15) is 0 Å². The SMILES string of the molecule is COC(=O)c1ccnc2c(F)ccc(F)c12. The van der Waals surface area contributed by atoms with E-state index in [1.807, 2.05) is 0 Å². The summed E-state index contributed by atoms with van der Waals surface area (Å²) in [5.41, 5.74) is -0.215. The second-order valence-corrected chi connectivity index (χ2v) is 3.10. The number of esters is 1. The van der Waals surface area contributed by atoms with Gasteiger partial charge in [0.05, 0.1) is 18.1 Å². The molecule has 0 unspecified atom stereocenters. The zero-order valence-electron chi connectivity index (χ0n) is 8.33. The van der Waals surface area contributed by atoms with Crippen molar-refractivity contribution in [1.29, 1.82) is 0 Å². The van der Waals surface area contributed by atoms with E-state index < -0.39 is 17.6 Å². The minimum absolute atomic E-state index is 0.0375. The fraction of sp³-hybridized carbons (Fsp3) is 0.0909. The maximum atomic E-state index is 13.5. The Morgan fingerprint density at radius 3 is 2.62 bits per heavy atom. The van der Waals surface area contributed by atoms with Crippen LogP contribution in [0.2, 0.25) is 0 Å². The summed E-state index contributed by atoms with van der Waals surface area (Å²) in [5, 5.41) is -0.158. The summed E-state index contributed by atoms with van der Waals surface area (Å²) in [6.07, 6.45) is 1.23. The minimum atomic E-state index is -0.725. The summed E-state index contributed by atoms with van der Waals surface area (Å²) in [5.74, 6) is -2.11. The van der Waals surface area contributed by atoms with Gasteiger partial charge in [-0.25, -0.2) is 13.6 Å². The monoisotopic (exact) mass is 223 g/mol. The second-order valence-electron chi connectivity index (χ2n) is 3.10. The minimum Gasteiger partial charge on any atom is -0.465 e. The molecule has 0 amide bonds. The number of nitrogens with zero attached hydrogens (tertiary/aromatic N) is 1. The number of hydrogen-bond donors (Lipinski definition) is 0. The second kappa shape index (κ2) is 3.84. The van der Waals surface area contributed by atoms with Crippen molar-refractivity contribution in [2.75, 3.05) is 7.11 Å². The number of aromatic nitrogens is 1. The van der Waals surface area contributed by atoms with Crippen molar-refractivity contribution < 1.29 is 18.3 Å². The third-order valence-electron chi connectivity index (χ3n) is 2.20. The van der Waals surface area contributed by atoms with Gasteiger partial charge in [0.1, 0.15) is 17.2 Å². The molecule has 0 atom stereocenters. The van der Waals surface area contributed by atoms with Crippen LogP contribution in [0.4, 0.5) is 8.78 Å². The molecule has 1 heterocycles. The number of pyridine rings is 1. The third-order valence-corrected chi connectivity index (χ3v) is 2.20. The molecular formula is C11H7F2NO2. The predicted molar refractivity (Wildman–Crippen MR) is 53.0 cm³/mol. The van der Waals surface area contributed by atoms with Crippen LogP contribution in [0.1, 0.15) is 10.4 Å². The number of halogens is 2. The van der Waals surface area contributed by atoms with Gasteiger partial charge in [-0.3, -0.25) is 4.98 Å².